The lowest BCUT2D eigenvalue weighted by Crippen LogP contribution is -2.37. The molecule has 0 amide bonds. The molecule has 1 rings (SSSR count). The molecule has 64 valence electrons. The molecule has 0 radical (unpaired) electrons. The topological polar surface area (TPSA) is 15.6 Å². The fraction of sp³-hybridized carbons (Fsp3) is 0.889. The second-order valence-corrected chi connectivity index (χ2v) is 3.46. The normalized spacial score (nSPS) is 27.4. The minimum Gasteiger partial charge on any atom is -0.360 e. The van der Waals surface area contributed by atoms with Crippen LogP contribution in [0.25, 0.3) is 0 Å². The second-order valence-electron chi connectivity index (χ2n) is 3.46. The van der Waals surface area contributed by atoms with Crippen LogP contribution in [0.1, 0.15) is 26.7 Å². The molecule has 1 heterocycles. The van der Waals surface area contributed by atoms with Crippen LogP contribution in [0.4, 0.5) is 0 Å². The summed E-state index contributed by atoms with van der Waals surface area (Å²) in [6.45, 7) is 6.81. The molecular formula is C9H18N2. The van der Waals surface area contributed by atoms with Crippen LogP contribution in [0.3, 0.4) is 0 Å². The zero-order valence-corrected chi connectivity index (χ0v) is 7.80. The summed E-state index contributed by atoms with van der Waals surface area (Å²) in [5.41, 5.74) is 0. The molecule has 2 heteroatoms. The lowest BCUT2D eigenvalue weighted by atomic mass is 10.0. The molecule has 1 fully saturated rings. The zero-order valence-electron chi connectivity index (χ0n) is 7.80. The van der Waals surface area contributed by atoms with Crippen LogP contribution in [-0.2, 0) is 0 Å². The Bertz CT molecular complexity index is 152. The fourth-order valence-electron chi connectivity index (χ4n) is 1.62. The highest BCUT2D eigenvalue weighted by Crippen LogP contribution is 2.15. The van der Waals surface area contributed by atoms with Gasteiger partial charge < -0.3 is 4.90 Å². The molecule has 0 saturated carbocycles. The van der Waals surface area contributed by atoms with Crippen LogP contribution in [-0.4, -0.2) is 30.9 Å². The van der Waals surface area contributed by atoms with E-state index < -0.39 is 0 Å². The molecule has 2 nitrogen and oxygen atoms in total. The van der Waals surface area contributed by atoms with Crippen molar-refractivity contribution < 1.29 is 0 Å². The van der Waals surface area contributed by atoms with E-state index in [1.807, 2.05) is 7.05 Å². The first-order valence-corrected chi connectivity index (χ1v) is 4.42. The zero-order chi connectivity index (χ0) is 8.27. The molecular weight excluding hydrogens is 136 g/mol. The minimum absolute atomic E-state index is 0.848. The van der Waals surface area contributed by atoms with Crippen LogP contribution in [0.15, 0.2) is 4.99 Å². The van der Waals surface area contributed by atoms with Gasteiger partial charge in [-0.1, -0.05) is 6.92 Å². The van der Waals surface area contributed by atoms with E-state index >= 15 is 0 Å². The van der Waals surface area contributed by atoms with Gasteiger partial charge in [0.25, 0.3) is 0 Å². The van der Waals surface area contributed by atoms with Crippen molar-refractivity contribution in [1.29, 1.82) is 0 Å². The highest BCUT2D eigenvalue weighted by molar-refractivity contribution is 5.79. The molecule has 1 aliphatic rings. The number of nitrogens with zero attached hydrogens (tertiary/aromatic N) is 2. The molecule has 0 N–H and O–H groups in total. The summed E-state index contributed by atoms with van der Waals surface area (Å²) in [5, 5.41) is 0. The molecule has 0 aromatic rings. The average Bonchev–Trinajstić information content (AvgIpc) is 2.03. The Morgan fingerprint density at radius 3 is 2.82 bits per heavy atom. The highest BCUT2D eigenvalue weighted by atomic mass is 15.2. The van der Waals surface area contributed by atoms with Crippen molar-refractivity contribution in [2.45, 2.75) is 26.7 Å². The number of likely N-dealkylation sites (tertiary alicyclic amines) is 1. The van der Waals surface area contributed by atoms with Gasteiger partial charge >= 0.3 is 0 Å². The molecule has 1 aliphatic heterocycles. The van der Waals surface area contributed by atoms with Crippen LogP contribution in [0.2, 0.25) is 0 Å². The van der Waals surface area contributed by atoms with Crippen molar-refractivity contribution in [3.05, 3.63) is 0 Å². The number of hydrogen-bond acceptors (Lipinski definition) is 1. The quantitative estimate of drug-likeness (QED) is 0.383. The molecule has 0 unspecified atom stereocenters. The molecule has 0 spiro atoms. The molecule has 1 saturated heterocycles. The van der Waals surface area contributed by atoms with Gasteiger partial charge in [-0.05, 0) is 25.7 Å². The lowest BCUT2D eigenvalue weighted by molar-refractivity contribution is 0.272. The average molecular weight is 154 g/mol. The van der Waals surface area contributed by atoms with E-state index in [9.17, 15) is 0 Å². The standard InChI is InChI=1S/C9H18N2/c1-8-5-4-6-11(7-8)9(2)10-3/h8H,4-7H2,1-3H3/t8-/m1/s1. The van der Waals surface area contributed by atoms with Gasteiger partial charge in [-0.15, -0.1) is 0 Å². The maximum absolute atomic E-state index is 4.19. The molecule has 1 atom stereocenters. The van der Waals surface area contributed by atoms with E-state index in [-0.39, 0.29) is 0 Å². The Morgan fingerprint density at radius 1 is 1.55 bits per heavy atom. The van der Waals surface area contributed by atoms with Crippen molar-refractivity contribution in [3.8, 4) is 0 Å². The van der Waals surface area contributed by atoms with Gasteiger partial charge in [0.05, 0.1) is 5.84 Å². The van der Waals surface area contributed by atoms with Gasteiger partial charge in [0.2, 0.25) is 0 Å². The molecule has 11 heavy (non-hydrogen) atoms. The minimum atomic E-state index is 0.848. The summed E-state index contributed by atoms with van der Waals surface area (Å²) in [6.07, 6.45) is 2.71. The van der Waals surface area contributed by atoms with Gasteiger partial charge in [-0.3, -0.25) is 4.99 Å². The number of amidine groups is 1. The van der Waals surface area contributed by atoms with Gasteiger partial charge in [-0.2, -0.15) is 0 Å². The molecule has 0 aliphatic carbocycles. The van der Waals surface area contributed by atoms with E-state index in [1.54, 1.807) is 0 Å². The molecule has 0 bridgehead atoms. The number of hydrogen-bond donors (Lipinski definition) is 0. The Labute approximate surface area is 69.3 Å². The summed E-state index contributed by atoms with van der Waals surface area (Å²) in [6, 6.07) is 0. The Kier molecular flexibility index (Phi) is 2.92. The summed E-state index contributed by atoms with van der Waals surface area (Å²) < 4.78 is 0. The lowest BCUT2D eigenvalue weighted by Gasteiger charge is -2.32. The fourth-order valence-corrected chi connectivity index (χ4v) is 1.62. The molecule has 0 aromatic heterocycles. The number of rotatable bonds is 0. The van der Waals surface area contributed by atoms with Crippen LogP contribution in [0, 0.1) is 5.92 Å². The third-order valence-electron chi connectivity index (χ3n) is 2.44. The largest absolute Gasteiger partial charge is 0.360 e. The maximum Gasteiger partial charge on any atom is 0.0954 e. The van der Waals surface area contributed by atoms with E-state index in [4.69, 9.17) is 0 Å². The van der Waals surface area contributed by atoms with Gasteiger partial charge in [0.15, 0.2) is 0 Å². The van der Waals surface area contributed by atoms with Gasteiger partial charge in [0.1, 0.15) is 0 Å². The van der Waals surface area contributed by atoms with Gasteiger partial charge in [0, 0.05) is 20.1 Å². The van der Waals surface area contributed by atoms with Crippen molar-refractivity contribution >= 4 is 5.84 Å². The third kappa shape index (κ3) is 2.21. The number of aliphatic imine (C=N–C) groups is 1. The van der Waals surface area contributed by atoms with Crippen molar-refractivity contribution in [2.24, 2.45) is 10.9 Å². The smallest absolute Gasteiger partial charge is 0.0954 e. The Balaban J connectivity index is 2.46. The molecule has 0 aromatic carbocycles. The van der Waals surface area contributed by atoms with Crippen molar-refractivity contribution in [1.82, 2.24) is 4.90 Å². The SMILES string of the molecule is CN=C(C)N1CCC[C@@H](C)C1. The van der Waals surface area contributed by atoms with Crippen LogP contribution in [0.5, 0.6) is 0 Å². The summed E-state index contributed by atoms with van der Waals surface area (Å²) in [4.78, 5) is 6.57. The van der Waals surface area contributed by atoms with E-state index in [2.05, 4.69) is 23.7 Å². The summed E-state index contributed by atoms with van der Waals surface area (Å²) in [5.74, 6) is 2.04. The van der Waals surface area contributed by atoms with E-state index in [1.165, 1.54) is 31.8 Å². The summed E-state index contributed by atoms with van der Waals surface area (Å²) >= 11 is 0. The predicted molar refractivity (Wildman–Crippen MR) is 49.0 cm³/mol. The monoisotopic (exact) mass is 154 g/mol. The second kappa shape index (κ2) is 3.74. The van der Waals surface area contributed by atoms with Crippen LogP contribution < -0.4 is 0 Å². The first kappa shape index (κ1) is 8.57. The van der Waals surface area contributed by atoms with Crippen molar-refractivity contribution in [3.63, 3.8) is 0 Å². The predicted octanol–water partition coefficient (Wildman–Crippen LogP) is 1.77. The summed E-state index contributed by atoms with van der Waals surface area (Å²) in [7, 11) is 1.87. The Hall–Kier alpha value is -0.530. The first-order chi connectivity index (χ1) is 5.24. The third-order valence-corrected chi connectivity index (χ3v) is 2.44. The maximum atomic E-state index is 4.19. The van der Waals surface area contributed by atoms with Crippen LogP contribution >= 0.6 is 0 Å². The van der Waals surface area contributed by atoms with Gasteiger partial charge in [-0.25, -0.2) is 0 Å². The number of piperidine rings is 1. The van der Waals surface area contributed by atoms with Crippen molar-refractivity contribution in [2.75, 3.05) is 20.1 Å². The Morgan fingerprint density at radius 2 is 2.27 bits per heavy atom. The van der Waals surface area contributed by atoms with E-state index in [0.717, 1.165) is 5.92 Å². The highest BCUT2D eigenvalue weighted by Gasteiger charge is 2.16. The first-order valence-electron chi connectivity index (χ1n) is 4.42. The van der Waals surface area contributed by atoms with E-state index in [0.29, 0.717) is 0 Å².